The summed E-state index contributed by atoms with van der Waals surface area (Å²) < 4.78 is 5.52. The van der Waals surface area contributed by atoms with E-state index in [0.717, 1.165) is 22.3 Å². The summed E-state index contributed by atoms with van der Waals surface area (Å²) in [4.78, 5) is 0. The quantitative estimate of drug-likeness (QED) is 0.785. The van der Waals surface area contributed by atoms with E-state index in [0.29, 0.717) is 6.54 Å². The fraction of sp³-hybridized carbons (Fsp3) is 0.167. The summed E-state index contributed by atoms with van der Waals surface area (Å²) in [7, 11) is 0. The van der Waals surface area contributed by atoms with Crippen LogP contribution >= 0.6 is 0 Å². The van der Waals surface area contributed by atoms with Crippen molar-refractivity contribution in [2.24, 2.45) is 5.73 Å². The lowest BCUT2D eigenvalue weighted by molar-refractivity contribution is 0.578. The van der Waals surface area contributed by atoms with Crippen LogP contribution in [0.15, 0.2) is 34.8 Å². The van der Waals surface area contributed by atoms with Gasteiger partial charge in [0, 0.05) is 11.9 Å². The first kappa shape index (κ1) is 9.03. The van der Waals surface area contributed by atoms with Crippen LogP contribution in [0.4, 0.5) is 0 Å². The molecule has 72 valence electrons. The minimum absolute atomic E-state index is 0.563. The number of fused-ring (bicyclic) bond motifs is 1. The second-order valence-corrected chi connectivity index (χ2v) is 3.25. The number of aryl methyl sites for hydroxylation is 1. The van der Waals surface area contributed by atoms with Crippen molar-refractivity contribution < 1.29 is 4.42 Å². The van der Waals surface area contributed by atoms with E-state index >= 15 is 0 Å². The molecule has 2 aromatic rings. The van der Waals surface area contributed by atoms with Crippen molar-refractivity contribution in [3.8, 4) is 0 Å². The van der Waals surface area contributed by atoms with E-state index in [2.05, 4.69) is 6.07 Å². The SMILES string of the molecule is Cc1cc2c(/C=C/CN)cccc2o1. The van der Waals surface area contributed by atoms with Crippen molar-refractivity contribution in [1.29, 1.82) is 0 Å². The maximum Gasteiger partial charge on any atom is 0.134 e. The molecule has 0 unspecified atom stereocenters. The summed E-state index contributed by atoms with van der Waals surface area (Å²) in [6.07, 6.45) is 3.97. The molecular weight excluding hydrogens is 174 g/mol. The second-order valence-electron chi connectivity index (χ2n) is 3.25. The molecule has 14 heavy (non-hydrogen) atoms. The number of benzene rings is 1. The Balaban J connectivity index is 2.58. The van der Waals surface area contributed by atoms with Crippen molar-refractivity contribution in [2.75, 3.05) is 6.54 Å². The molecule has 0 saturated heterocycles. The monoisotopic (exact) mass is 187 g/mol. The van der Waals surface area contributed by atoms with Crippen LogP contribution in [0.3, 0.4) is 0 Å². The molecule has 1 aromatic carbocycles. The van der Waals surface area contributed by atoms with Gasteiger partial charge in [-0.05, 0) is 24.6 Å². The Morgan fingerprint density at radius 3 is 3.07 bits per heavy atom. The van der Waals surface area contributed by atoms with Gasteiger partial charge in [0.15, 0.2) is 0 Å². The van der Waals surface area contributed by atoms with Gasteiger partial charge in [-0.15, -0.1) is 0 Å². The number of nitrogens with two attached hydrogens (primary N) is 1. The largest absolute Gasteiger partial charge is 0.461 e. The lowest BCUT2D eigenvalue weighted by atomic mass is 10.1. The summed E-state index contributed by atoms with van der Waals surface area (Å²) in [5.41, 5.74) is 7.50. The highest BCUT2D eigenvalue weighted by Gasteiger charge is 2.02. The fourth-order valence-electron chi connectivity index (χ4n) is 1.55. The average molecular weight is 187 g/mol. The van der Waals surface area contributed by atoms with Gasteiger partial charge in [-0.25, -0.2) is 0 Å². The van der Waals surface area contributed by atoms with E-state index in [4.69, 9.17) is 10.2 Å². The third kappa shape index (κ3) is 1.56. The van der Waals surface area contributed by atoms with E-state index in [-0.39, 0.29) is 0 Å². The standard InChI is InChI=1S/C12H13NO/c1-9-8-11-10(5-3-7-13)4-2-6-12(11)14-9/h2-6,8H,7,13H2,1H3/b5-3+. The van der Waals surface area contributed by atoms with E-state index < -0.39 is 0 Å². The van der Waals surface area contributed by atoms with Gasteiger partial charge in [-0.3, -0.25) is 0 Å². The highest BCUT2D eigenvalue weighted by molar-refractivity contribution is 5.87. The average Bonchev–Trinajstić information content (AvgIpc) is 2.55. The van der Waals surface area contributed by atoms with Gasteiger partial charge < -0.3 is 10.2 Å². The zero-order valence-corrected chi connectivity index (χ0v) is 8.16. The summed E-state index contributed by atoms with van der Waals surface area (Å²) in [5, 5.41) is 1.15. The predicted molar refractivity (Wildman–Crippen MR) is 59.0 cm³/mol. The molecule has 0 spiro atoms. The lowest BCUT2D eigenvalue weighted by Gasteiger charge is -1.94. The molecule has 0 bridgehead atoms. The van der Waals surface area contributed by atoms with Gasteiger partial charge in [0.25, 0.3) is 0 Å². The molecular formula is C12H13NO. The summed E-state index contributed by atoms with van der Waals surface area (Å²) in [5.74, 6) is 0.939. The van der Waals surface area contributed by atoms with Crippen LogP contribution < -0.4 is 5.73 Å². The molecule has 0 amide bonds. The fourth-order valence-corrected chi connectivity index (χ4v) is 1.55. The zero-order chi connectivity index (χ0) is 9.97. The molecule has 1 heterocycles. The van der Waals surface area contributed by atoms with Gasteiger partial charge in [0.05, 0.1) is 0 Å². The topological polar surface area (TPSA) is 39.2 Å². The Hall–Kier alpha value is -1.54. The van der Waals surface area contributed by atoms with Crippen LogP contribution in [0.25, 0.3) is 17.0 Å². The molecule has 2 nitrogen and oxygen atoms in total. The minimum Gasteiger partial charge on any atom is -0.461 e. The van der Waals surface area contributed by atoms with Gasteiger partial charge in [0.2, 0.25) is 0 Å². The second kappa shape index (κ2) is 3.68. The van der Waals surface area contributed by atoms with E-state index in [1.165, 1.54) is 0 Å². The number of rotatable bonds is 2. The van der Waals surface area contributed by atoms with Crippen molar-refractivity contribution in [3.63, 3.8) is 0 Å². The van der Waals surface area contributed by atoms with Crippen molar-refractivity contribution >= 4 is 17.0 Å². The Kier molecular flexibility index (Phi) is 2.37. The van der Waals surface area contributed by atoms with Crippen LogP contribution in [-0.4, -0.2) is 6.54 Å². The normalized spacial score (nSPS) is 11.6. The molecule has 0 fully saturated rings. The molecule has 2 heteroatoms. The molecule has 0 aliphatic carbocycles. The summed E-state index contributed by atoms with van der Waals surface area (Å²) in [6, 6.07) is 8.07. The number of hydrogen-bond donors (Lipinski definition) is 1. The molecule has 0 atom stereocenters. The molecule has 2 N–H and O–H groups in total. The molecule has 0 saturated carbocycles. The third-order valence-electron chi connectivity index (χ3n) is 2.15. The van der Waals surface area contributed by atoms with E-state index in [1.54, 1.807) is 0 Å². The number of hydrogen-bond acceptors (Lipinski definition) is 2. The Morgan fingerprint density at radius 1 is 1.43 bits per heavy atom. The van der Waals surface area contributed by atoms with Gasteiger partial charge >= 0.3 is 0 Å². The van der Waals surface area contributed by atoms with Crippen LogP contribution in [0, 0.1) is 6.92 Å². The minimum atomic E-state index is 0.563. The number of furan rings is 1. The van der Waals surface area contributed by atoms with Crippen LogP contribution in [-0.2, 0) is 0 Å². The van der Waals surface area contributed by atoms with E-state index in [1.807, 2.05) is 37.3 Å². The van der Waals surface area contributed by atoms with Crippen LogP contribution in [0.2, 0.25) is 0 Å². The highest BCUT2D eigenvalue weighted by Crippen LogP contribution is 2.23. The molecule has 1 aromatic heterocycles. The Morgan fingerprint density at radius 2 is 2.29 bits per heavy atom. The first-order valence-electron chi connectivity index (χ1n) is 4.67. The van der Waals surface area contributed by atoms with Gasteiger partial charge in [0.1, 0.15) is 11.3 Å². The Labute approximate surface area is 83.0 Å². The summed E-state index contributed by atoms with van der Waals surface area (Å²) >= 11 is 0. The van der Waals surface area contributed by atoms with Crippen molar-refractivity contribution in [2.45, 2.75) is 6.92 Å². The Bertz CT molecular complexity index is 468. The third-order valence-corrected chi connectivity index (χ3v) is 2.15. The zero-order valence-electron chi connectivity index (χ0n) is 8.16. The summed E-state index contributed by atoms with van der Waals surface area (Å²) in [6.45, 7) is 2.52. The van der Waals surface area contributed by atoms with Crippen LogP contribution in [0.5, 0.6) is 0 Å². The predicted octanol–water partition coefficient (Wildman–Crippen LogP) is 2.71. The maximum absolute atomic E-state index is 5.52. The van der Waals surface area contributed by atoms with Gasteiger partial charge in [-0.1, -0.05) is 24.3 Å². The molecule has 0 aliphatic rings. The van der Waals surface area contributed by atoms with E-state index in [9.17, 15) is 0 Å². The first-order chi connectivity index (χ1) is 6.81. The van der Waals surface area contributed by atoms with Crippen LogP contribution in [0.1, 0.15) is 11.3 Å². The van der Waals surface area contributed by atoms with Gasteiger partial charge in [-0.2, -0.15) is 0 Å². The highest BCUT2D eigenvalue weighted by atomic mass is 16.3. The maximum atomic E-state index is 5.52. The van der Waals surface area contributed by atoms with Crippen molar-refractivity contribution in [1.82, 2.24) is 0 Å². The molecule has 0 aliphatic heterocycles. The van der Waals surface area contributed by atoms with Crippen molar-refractivity contribution in [3.05, 3.63) is 41.7 Å². The first-order valence-corrected chi connectivity index (χ1v) is 4.67. The molecule has 2 rings (SSSR count). The smallest absolute Gasteiger partial charge is 0.134 e. The lowest BCUT2D eigenvalue weighted by Crippen LogP contribution is -1.91. The molecule has 0 radical (unpaired) electrons.